The Labute approximate surface area is 128 Å². The summed E-state index contributed by atoms with van der Waals surface area (Å²) in [4.78, 5) is 0. The molecular weight excluding hydrogens is 287 g/mol. The Morgan fingerprint density at radius 2 is 1.86 bits per heavy atom. The van der Waals surface area contributed by atoms with Crippen molar-refractivity contribution in [3.05, 3.63) is 64.4 Å². The fraction of sp³-hybridized carbons (Fsp3) is 0.235. The van der Waals surface area contributed by atoms with E-state index in [2.05, 4.69) is 11.4 Å². The summed E-state index contributed by atoms with van der Waals surface area (Å²) >= 11 is 5.97. The molecule has 0 aromatic heterocycles. The first-order valence-corrected chi connectivity index (χ1v) is 7.25. The maximum Gasteiger partial charge on any atom is 0.123 e. The number of rotatable bonds is 3. The van der Waals surface area contributed by atoms with Gasteiger partial charge in [0, 0.05) is 11.1 Å². The molecule has 0 atom stereocenters. The van der Waals surface area contributed by atoms with Crippen LogP contribution in [-0.2, 0) is 0 Å². The Morgan fingerprint density at radius 3 is 2.52 bits per heavy atom. The van der Waals surface area contributed by atoms with Crippen LogP contribution in [0.1, 0.15) is 29.9 Å². The average molecular weight is 301 g/mol. The normalized spacial score (nSPS) is 20.4. The van der Waals surface area contributed by atoms with E-state index in [1.807, 2.05) is 12.1 Å². The highest BCUT2D eigenvalue weighted by molar-refractivity contribution is 6.30. The number of hydrogen-bond acceptors (Lipinski definition) is 2. The summed E-state index contributed by atoms with van der Waals surface area (Å²) in [6, 6.07) is 14.4. The van der Waals surface area contributed by atoms with Gasteiger partial charge in [-0.05, 0) is 54.7 Å². The lowest BCUT2D eigenvalue weighted by Crippen LogP contribution is -2.34. The van der Waals surface area contributed by atoms with Gasteiger partial charge in [0.25, 0.3) is 0 Å². The molecule has 0 amide bonds. The minimum absolute atomic E-state index is 0.203. The van der Waals surface area contributed by atoms with Crippen LogP contribution in [0.4, 0.5) is 10.1 Å². The Balaban J connectivity index is 1.64. The van der Waals surface area contributed by atoms with Crippen LogP contribution in [0.2, 0.25) is 5.02 Å². The predicted octanol–water partition coefficient (Wildman–Crippen LogP) is 4.71. The smallest absolute Gasteiger partial charge is 0.123 e. The number of anilines is 1. The van der Waals surface area contributed by atoms with Crippen LogP contribution in [0.5, 0.6) is 0 Å². The second-order valence-corrected chi connectivity index (χ2v) is 5.80. The first kappa shape index (κ1) is 13.9. The lowest BCUT2D eigenvalue weighted by Gasteiger charge is -2.37. The fourth-order valence-electron chi connectivity index (χ4n) is 2.70. The summed E-state index contributed by atoms with van der Waals surface area (Å²) in [7, 11) is 0. The summed E-state index contributed by atoms with van der Waals surface area (Å²) in [5.74, 6) is 0.248. The largest absolute Gasteiger partial charge is 0.381 e. The minimum atomic E-state index is -0.203. The van der Waals surface area contributed by atoms with Gasteiger partial charge in [0.1, 0.15) is 11.9 Å². The summed E-state index contributed by atoms with van der Waals surface area (Å²) in [5.41, 5.74) is 2.55. The molecule has 1 N–H and O–H groups in total. The standard InChI is InChI=1S/C17H14ClFN2/c18-14-4-1-12(10-20)17(9-14)21-16-7-13(8-16)11-2-5-15(19)6-3-11/h1-6,9,13,16,21H,7-8H2. The molecule has 0 unspecified atom stereocenters. The molecule has 3 rings (SSSR count). The highest BCUT2D eigenvalue weighted by atomic mass is 35.5. The third-order valence-electron chi connectivity index (χ3n) is 3.94. The molecule has 2 nitrogen and oxygen atoms in total. The van der Waals surface area contributed by atoms with Gasteiger partial charge >= 0.3 is 0 Å². The van der Waals surface area contributed by atoms with Crippen molar-refractivity contribution < 1.29 is 4.39 Å². The van der Waals surface area contributed by atoms with E-state index in [9.17, 15) is 4.39 Å². The van der Waals surface area contributed by atoms with Gasteiger partial charge in [-0.15, -0.1) is 0 Å². The highest BCUT2D eigenvalue weighted by Crippen LogP contribution is 2.39. The predicted molar refractivity (Wildman–Crippen MR) is 82.0 cm³/mol. The number of nitriles is 1. The van der Waals surface area contributed by atoms with E-state index in [0.717, 1.165) is 18.5 Å². The quantitative estimate of drug-likeness (QED) is 0.891. The van der Waals surface area contributed by atoms with E-state index in [1.54, 1.807) is 18.2 Å². The van der Waals surface area contributed by atoms with Crippen molar-refractivity contribution in [2.24, 2.45) is 0 Å². The lowest BCUT2D eigenvalue weighted by molar-refractivity contribution is 0.374. The molecule has 2 aromatic rings. The van der Waals surface area contributed by atoms with E-state index in [1.165, 1.54) is 17.7 Å². The zero-order chi connectivity index (χ0) is 14.8. The second kappa shape index (κ2) is 5.75. The van der Waals surface area contributed by atoms with Crippen LogP contribution in [0, 0.1) is 17.1 Å². The van der Waals surface area contributed by atoms with Crippen molar-refractivity contribution in [1.82, 2.24) is 0 Å². The number of benzene rings is 2. The van der Waals surface area contributed by atoms with Crippen LogP contribution in [-0.4, -0.2) is 6.04 Å². The van der Waals surface area contributed by atoms with Crippen molar-refractivity contribution in [2.75, 3.05) is 5.32 Å². The molecule has 0 aliphatic heterocycles. The summed E-state index contributed by atoms with van der Waals surface area (Å²) < 4.78 is 12.9. The first-order chi connectivity index (χ1) is 10.2. The van der Waals surface area contributed by atoms with Crippen molar-refractivity contribution in [2.45, 2.75) is 24.8 Å². The summed E-state index contributed by atoms with van der Waals surface area (Å²) in [6.45, 7) is 0. The molecule has 1 aliphatic rings. The van der Waals surface area contributed by atoms with Gasteiger partial charge in [0.15, 0.2) is 0 Å². The first-order valence-electron chi connectivity index (χ1n) is 6.87. The van der Waals surface area contributed by atoms with Gasteiger partial charge < -0.3 is 5.32 Å². The number of halogens is 2. The Bertz CT molecular complexity index is 685. The Kier molecular flexibility index (Phi) is 3.81. The van der Waals surface area contributed by atoms with Crippen molar-refractivity contribution in [3.63, 3.8) is 0 Å². The molecule has 0 bridgehead atoms. The monoisotopic (exact) mass is 300 g/mol. The van der Waals surface area contributed by atoms with Crippen molar-refractivity contribution in [3.8, 4) is 6.07 Å². The molecular formula is C17H14ClFN2. The third-order valence-corrected chi connectivity index (χ3v) is 4.18. The van der Waals surface area contributed by atoms with E-state index in [0.29, 0.717) is 22.5 Å². The lowest BCUT2D eigenvalue weighted by atomic mass is 9.76. The SMILES string of the molecule is N#Cc1ccc(Cl)cc1NC1CC(c2ccc(F)cc2)C1. The average Bonchev–Trinajstić information content (AvgIpc) is 2.44. The molecule has 1 saturated carbocycles. The van der Waals surface area contributed by atoms with Crippen molar-refractivity contribution in [1.29, 1.82) is 5.26 Å². The molecule has 0 heterocycles. The molecule has 106 valence electrons. The topological polar surface area (TPSA) is 35.8 Å². The number of hydrogen-bond donors (Lipinski definition) is 1. The van der Waals surface area contributed by atoms with Gasteiger partial charge in [0.05, 0.1) is 11.3 Å². The van der Waals surface area contributed by atoms with E-state index in [-0.39, 0.29) is 5.82 Å². The Morgan fingerprint density at radius 1 is 1.14 bits per heavy atom. The summed E-state index contributed by atoms with van der Waals surface area (Å²) in [5, 5.41) is 13.1. The molecule has 1 aliphatic carbocycles. The van der Waals surface area contributed by atoms with Gasteiger partial charge in [-0.3, -0.25) is 0 Å². The molecule has 2 aromatic carbocycles. The maximum absolute atomic E-state index is 12.9. The zero-order valence-corrected chi connectivity index (χ0v) is 12.1. The third kappa shape index (κ3) is 3.01. The zero-order valence-electron chi connectivity index (χ0n) is 11.3. The van der Waals surface area contributed by atoms with Gasteiger partial charge in [-0.2, -0.15) is 5.26 Å². The van der Waals surface area contributed by atoms with Crippen LogP contribution < -0.4 is 5.32 Å². The molecule has 0 radical (unpaired) electrons. The number of nitrogens with one attached hydrogen (secondary N) is 1. The van der Waals surface area contributed by atoms with Gasteiger partial charge in [-0.1, -0.05) is 23.7 Å². The van der Waals surface area contributed by atoms with Gasteiger partial charge in [-0.25, -0.2) is 4.39 Å². The van der Waals surface area contributed by atoms with Crippen LogP contribution in [0.15, 0.2) is 42.5 Å². The van der Waals surface area contributed by atoms with Crippen molar-refractivity contribution >= 4 is 17.3 Å². The van der Waals surface area contributed by atoms with E-state index >= 15 is 0 Å². The summed E-state index contributed by atoms with van der Waals surface area (Å²) in [6.07, 6.45) is 1.95. The van der Waals surface area contributed by atoms with Crippen LogP contribution >= 0.6 is 11.6 Å². The highest BCUT2D eigenvalue weighted by Gasteiger charge is 2.30. The van der Waals surface area contributed by atoms with Gasteiger partial charge in [0.2, 0.25) is 0 Å². The minimum Gasteiger partial charge on any atom is -0.381 e. The molecule has 21 heavy (non-hydrogen) atoms. The molecule has 1 fully saturated rings. The molecule has 0 saturated heterocycles. The second-order valence-electron chi connectivity index (χ2n) is 5.36. The van der Waals surface area contributed by atoms with Crippen LogP contribution in [0.3, 0.4) is 0 Å². The molecule has 4 heteroatoms. The van der Waals surface area contributed by atoms with E-state index in [4.69, 9.17) is 16.9 Å². The Hall–Kier alpha value is -2.05. The molecule has 0 spiro atoms. The van der Waals surface area contributed by atoms with Crippen LogP contribution in [0.25, 0.3) is 0 Å². The van der Waals surface area contributed by atoms with E-state index < -0.39 is 0 Å². The maximum atomic E-state index is 12.9. The number of nitrogens with zero attached hydrogens (tertiary/aromatic N) is 1. The fourth-order valence-corrected chi connectivity index (χ4v) is 2.87.